The minimum atomic E-state index is -0.0505. The first-order chi connectivity index (χ1) is 12.7. The van der Waals surface area contributed by atoms with E-state index in [1.165, 1.54) is 0 Å². The summed E-state index contributed by atoms with van der Waals surface area (Å²) in [6, 6.07) is 5.52. The first kappa shape index (κ1) is 18.8. The molecule has 2 heterocycles. The third kappa shape index (κ3) is 4.60. The molecule has 0 aliphatic carbocycles. The smallest absolute Gasteiger partial charge is 0.251 e. The number of rotatable bonds is 8. The highest BCUT2D eigenvalue weighted by molar-refractivity contribution is 5.97. The summed E-state index contributed by atoms with van der Waals surface area (Å²) in [5, 5.41) is 12.1. The third-order valence-electron chi connectivity index (χ3n) is 5.09. The lowest BCUT2D eigenvalue weighted by Crippen LogP contribution is -2.39. The highest BCUT2D eigenvalue weighted by Gasteiger charge is 2.19. The molecule has 142 valence electrons. The van der Waals surface area contributed by atoms with Gasteiger partial charge in [0.25, 0.3) is 5.91 Å². The number of benzene rings is 1. The third-order valence-corrected chi connectivity index (χ3v) is 5.09. The van der Waals surface area contributed by atoms with Crippen LogP contribution in [-0.2, 0) is 11.3 Å². The van der Waals surface area contributed by atoms with Crippen LogP contribution in [0.4, 0.5) is 0 Å². The number of methoxy groups -OCH3 is 1. The number of piperidine rings is 1. The second-order valence-corrected chi connectivity index (χ2v) is 6.85. The van der Waals surface area contributed by atoms with Crippen LogP contribution < -0.4 is 5.32 Å². The number of imidazole rings is 1. The molecule has 0 saturated carbocycles. The lowest BCUT2D eigenvalue weighted by atomic mass is 9.96. The Labute approximate surface area is 154 Å². The first-order valence-electron chi connectivity index (χ1n) is 9.26. The van der Waals surface area contributed by atoms with Crippen LogP contribution in [0.15, 0.2) is 24.5 Å². The largest absolute Gasteiger partial charge is 0.395 e. The molecule has 1 saturated heterocycles. The van der Waals surface area contributed by atoms with E-state index in [-0.39, 0.29) is 12.5 Å². The number of nitrogens with zero attached hydrogens (tertiary/aromatic N) is 3. The molecule has 2 aromatic rings. The molecule has 0 bridgehead atoms. The topological polar surface area (TPSA) is 79.6 Å². The first-order valence-corrected chi connectivity index (χ1v) is 9.26. The minimum absolute atomic E-state index is 0.0505. The molecule has 1 aliphatic heterocycles. The maximum Gasteiger partial charge on any atom is 0.251 e. The van der Waals surface area contributed by atoms with Crippen molar-refractivity contribution in [1.82, 2.24) is 19.8 Å². The Morgan fingerprint density at radius 1 is 1.35 bits per heavy atom. The zero-order chi connectivity index (χ0) is 18.4. The number of hydrogen-bond donors (Lipinski definition) is 2. The Bertz CT molecular complexity index is 723. The van der Waals surface area contributed by atoms with E-state index in [0.29, 0.717) is 24.6 Å². The number of hydrogen-bond acceptors (Lipinski definition) is 5. The highest BCUT2D eigenvalue weighted by atomic mass is 16.5. The van der Waals surface area contributed by atoms with Crippen molar-refractivity contribution in [2.24, 2.45) is 5.92 Å². The quantitative estimate of drug-likeness (QED) is 0.737. The van der Waals surface area contributed by atoms with Gasteiger partial charge in [0.1, 0.15) is 0 Å². The second-order valence-electron chi connectivity index (χ2n) is 6.85. The number of carbonyl (C=O) groups excluding carboxylic acids is 1. The average Bonchev–Trinajstić information content (AvgIpc) is 3.08. The fourth-order valence-corrected chi connectivity index (χ4v) is 3.46. The van der Waals surface area contributed by atoms with E-state index in [4.69, 9.17) is 9.84 Å². The van der Waals surface area contributed by atoms with Gasteiger partial charge in [0.15, 0.2) is 0 Å². The van der Waals surface area contributed by atoms with Crippen LogP contribution in [0, 0.1) is 5.92 Å². The van der Waals surface area contributed by atoms with Crippen LogP contribution in [0.5, 0.6) is 0 Å². The molecule has 2 N–H and O–H groups in total. The van der Waals surface area contributed by atoms with E-state index < -0.39 is 0 Å². The maximum absolute atomic E-state index is 12.5. The van der Waals surface area contributed by atoms with E-state index in [0.717, 1.165) is 50.1 Å². The molecule has 0 spiro atoms. The Hall–Kier alpha value is -1.96. The fraction of sp³-hybridized carbons (Fsp3) is 0.579. The summed E-state index contributed by atoms with van der Waals surface area (Å²) in [6.45, 7) is 5.18. The summed E-state index contributed by atoms with van der Waals surface area (Å²) in [5.74, 6) is 0.482. The van der Waals surface area contributed by atoms with Crippen molar-refractivity contribution in [1.29, 1.82) is 0 Å². The zero-order valence-corrected chi connectivity index (χ0v) is 15.4. The van der Waals surface area contributed by atoms with Crippen LogP contribution in [-0.4, -0.2) is 72.0 Å². The van der Waals surface area contributed by atoms with Crippen LogP contribution in [0.3, 0.4) is 0 Å². The fourth-order valence-electron chi connectivity index (χ4n) is 3.46. The summed E-state index contributed by atoms with van der Waals surface area (Å²) >= 11 is 0. The molecule has 7 nitrogen and oxygen atoms in total. The van der Waals surface area contributed by atoms with E-state index in [2.05, 4.69) is 15.2 Å². The van der Waals surface area contributed by atoms with Crippen molar-refractivity contribution in [3.63, 3.8) is 0 Å². The van der Waals surface area contributed by atoms with Crippen molar-refractivity contribution in [3.8, 4) is 0 Å². The van der Waals surface area contributed by atoms with E-state index in [9.17, 15) is 4.79 Å². The van der Waals surface area contributed by atoms with Crippen molar-refractivity contribution in [3.05, 3.63) is 30.1 Å². The summed E-state index contributed by atoms with van der Waals surface area (Å²) in [5.41, 5.74) is 2.33. The lowest BCUT2D eigenvalue weighted by Gasteiger charge is -2.31. The summed E-state index contributed by atoms with van der Waals surface area (Å²) in [7, 11) is 1.73. The van der Waals surface area contributed by atoms with E-state index >= 15 is 0 Å². The standard InChI is InChI=1S/C19H28N4O3/c1-26-11-9-22-6-4-15(5-7-22)13-20-19(25)16-2-3-18-17(12-16)21-14-23(18)8-10-24/h2-3,12,14-15,24H,4-11,13H2,1H3,(H,20,25). The SMILES string of the molecule is COCCN1CCC(CNC(=O)c2ccc3c(c2)ncn3CCO)CC1. The summed E-state index contributed by atoms with van der Waals surface area (Å²) in [6.07, 6.45) is 3.91. The molecule has 26 heavy (non-hydrogen) atoms. The molecule has 3 rings (SSSR count). The van der Waals surface area contributed by atoms with Gasteiger partial charge in [-0.05, 0) is 50.0 Å². The van der Waals surface area contributed by atoms with E-state index in [1.54, 1.807) is 13.4 Å². The molecule has 1 aromatic carbocycles. The zero-order valence-electron chi connectivity index (χ0n) is 15.4. The molecular weight excluding hydrogens is 332 g/mol. The van der Waals surface area contributed by atoms with Crippen molar-refractivity contribution < 1.29 is 14.6 Å². The van der Waals surface area contributed by atoms with Gasteiger partial charge in [-0.3, -0.25) is 4.79 Å². The monoisotopic (exact) mass is 360 g/mol. The van der Waals surface area contributed by atoms with Crippen molar-refractivity contribution >= 4 is 16.9 Å². The molecule has 0 radical (unpaired) electrons. The molecule has 1 fully saturated rings. The van der Waals surface area contributed by atoms with Gasteiger partial charge in [-0.25, -0.2) is 4.98 Å². The minimum Gasteiger partial charge on any atom is -0.395 e. The highest BCUT2D eigenvalue weighted by Crippen LogP contribution is 2.17. The molecular formula is C19H28N4O3. The summed E-state index contributed by atoms with van der Waals surface area (Å²) in [4.78, 5) is 19.2. The summed E-state index contributed by atoms with van der Waals surface area (Å²) < 4.78 is 7.01. The number of amides is 1. The number of aliphatic hydroxyl groups excluding tert-OH is 1. The van der Waals surface area contributed by atoms with E-state index in [1.807, 2.05) is 22.8 Å². The van der Waals surface area contributed by atoms with Crippen molar-refractivity contribution in [2.45, 2.75) is 19.4 Å². The molecule has 0 atom stereocenters. The van der Waals surface area contributed by atoms with Crippen molar-refractivity contribution in [2.75, 3.05) is 46.5 Å². The van der Waals surface area contributed by atoms with Crippen LogP contribution in [0.2, 0.25) is 0 Å². The van der Waals surface area contributed by atoms with Crippen LogP contribution in [0.1, 0.15) is 23.2 Å². The Balaban J connectivity index is 1.50. The number of ether oxygens (including phenoxy) is 1. The Morgan fingerprint density at radius 3 is 2.88 bits per heavy atom. The molecule has 1 amide bonds. The van der Waals surface area contributed by atoms with Crippen LogP contribution in [0.25, 0.3) is 11.0 Å². The number of aromatic nitrogens is 2. The second kappa shape index (κ2) is 9.12. The number of nitrogens with one attached hydrogen (secondary N) is 1. The van der Waals surface area contributed by atoms with Crippen LogP contribution >= 0.6 is 0 Å². The van der Waals surface area contributed by atoms with Gasteiger partial charge in [-0.1, -0.05) is 0 Å². The maximum atomic E-state index is 12.5. The van der Waals surface area contributed by atoms with Gasteiger partial charge in [0.2, 0.25) is 0 Å². The number of aliphatic hydroxyl groups is 1. The predicted octanol–water partition coefficient (Wildman–Crippen LogP) is 1.12. The van der Waals surface area contributed by atoms with Gasteiger partial charge in [-0.2, -0.15) is 0 Å². The molecule has 0 unspecified atom stereocenters. The Morgan fingerprint density at radius 2 is 2.15 bits per heavy atom. The van der Waals surface area contributed by atoms with Gasteiger partial charge in [0.05, 0.1) is 30.6 Å². The average molecular weight is 360 g/mol. The van der Waals surface area contributed by atoms with Gasteiger partial charge in [0, 0.05) is 32.3 Å². The normalized spacial score (nSPS) is 16.2. The molecule has 1 aliphatic rings. The van der Waals surface area contributed by atoms with Gasteiger partial charge in [-0.15, -0.1) is 0 Å². The lowest BCUT2D eigenvalue weighted by molar-refractivity contribution is 0.0926. The predicted molar refractivity (Wildman–Crippen MR) is 100 cm³/mol. The van der Waals surface area contributed by atoms with Gasteiger partial charge >= 0.3 is 0 Å². The number of fused-ring (bicyclic) bond motifs is 1. The number of carbonyl (C=O) groups is 1. The molecule has 7 heteroatoms. The molecule has 1 aromatic heterocycles. The Kier molecular flexibility index (Phi) is 6.60. The number of likely N-dealkylation sites (tertiary alicyclic amines) is 1. The van der Waals surface area contributed by atoms with Gasteiger partial charge < -0.3 is 24.6 Å².